The van der Waals surface area contributed by atoms with Crippen molar-refractivity contribution in [3.05, 3.63) is 53.6 Å². The summed E-state index contributed by atoms with van der Waals surface area (Å²) in [6.07, 6.45) is 2.41. The molecule has 6 heteroatoms. The molecule has 106 valence electrons. The number of aromatic nitrogens is 1. The van der Waals surface area contributed by atoms with E-state index in [4.69, 9.17) is 16.3 Å². The molecule has 0 fully saturated rings. The number of halogens is 2. The van der Waals surface area contributed by atoms with Crippen LogP contribution in [0.3, 0.4) is 0 Å². The fourth-order valence-corrected chi connectivity index (χ4v) is 1.71. The Kier molecular flexibility index (Phi) is 5.15. The van der Waals surface area contributed by atoms with Crippen LogP contribution in [-0.4, -0.2) is 29.3 Å². The Balaban J connectivity index is 1.77. The third-order valence-corrected chi connectivity index (χ3v) is 2.86. The van der Waals surface area contributed by atoms with E-state index in [1.807, 2.05) is 0 Å². The summed E-state index contributed by atoms with van der Waals surface area (Å²) < 4.78 is 18.0. The normalized spacial score (nSPS) is 11.9. The second-order valence-electron chi connectivity index (χ2n) is 4.16. The lowest BCUT2D eigenvalue weighted by Gasteiger charge is -2.14. The van der Waals surface area contributed by atoms with Gasteiger partial charge in [-0.15, -0.1) is 0 Å². The molecule has 0 spiro atoms. The maximum Gasteiger partial charge on any atom is 0.123 e. The number of nitrogens with zero attached hydrogens (tertiary/aromatic N) is 1. The van der Waals surface area contributed by atoms with Crippen molar-refractivity contribution in [3.63, 3.8) is 0 Å². The van der Waals surface area contributed by atoms with Crippen LogP contribution in [-0.2, 0) is 0 Å². The maximum absolute atomic E-state index is 12.7. The third-order valence-electron chi connectivity index (χ3n) is 2.56. The van der Waals surface area contributed by atoms with E-state index in [-0.39, 0.29) is 19.0 Å². The first-order valence-electron chi connectivity index (χ1n) is 6.05. The monoisotopic (exact) mass is 296 g/mol. The van der Waals surface area contributed by atoms with Crippen LogP contribution in [0.15, 0.2) is 42.7 Å². The maximum atomic E-state index is 12.7. The minimum absolute atomic E-state index is 0.0985. The van der Waals surface area contributed by atoms with Crippen LogP contribution in [0, 0.1) is 5.82 Å². The van der Waals surface area contributed by atoms with Crippen molar-refractivity contribution in [2.75, 3.05) is 18.5 Å². The number of ether oxygens (including phenoxy) is 1. The fraction of sp³-hybridized carbons (Fsp3) is 0.214. The van der Waals surface area contributed by atoms with Crippen molar-refractivity contribution in [3.8, 4) is 5.75 Å². The van der Waals surface area contributed by atoms with E-state index >= 15 is 0 Å². The fourth-order valence-electron chi connectivity index (χ4n) is 1.53. The van der Waals surface area contributed by atoms with Crippen molar-refractivity contribution in [1.29, 1.82) is 0 Å². The van der Waals surface area contributed by atoms with Gasteiger partial charge in [0.1, 0.15) is 24.3 Å². The molecule has 0 amide bonds. The molecule has 4 nitrogen and oxygen atoms in total. The van der Waals surface area contributed by atoms with Gasteiger partial charge in [0.25, 0.3) is 0 Å². The first kappa shape index (κ1) is 14.6. The van der Waals surface area contributed by atoms with Crippen LogP contribution >= 0.6 is 11.6 Å². The molecule has 1 heterocycles. The molecule has 1 atom stereocenters. The number of rotatable bonds is 6. The Bertz CT molecular complexity index is 551. The number of aliphatic hydroxyl groups is 1. The van der Waals surface area contributed by atoms with Gasteiger partial charge in [0, 0.05) is 18.9 Å². The summed E-state index contributed by atoms with van der Waals surface area (Å²) in [4.78, 5) is 3.87. The summed E-state index contributed by atoms with van der Waals surface area (Å²) in [5, 5.41) is 13.3. The van der Waals surface area contributed by atoms with Gasteiger partial charge >= 0.3 is 0 Å². The van der Waals surface area contributed by atoms with Crippen LogP contribution in [0.4, 0.5) is 10.1 Å². The van der Waals surface area contributed by atoms with Gasteiger partial charge in [-0.05, 0) is 30.3 Å². The summed E-state index contributed by atoms with van der Waals surface area (Å²) in [5.41, 5.74) is 0.697. The zero-order valence-electron chi connectivity index (χ0n) is 10.6. The average Bonchev–Trinajstić information content (AvgIpc) is 2.46. The van der Waals surface area contributed by atoms with Crippen molar-refractivity contribution in [1.82, 2.24) is 4.98 Å². The van der Waals surface area contributed by atoms with Crippen LogP contribution < -0.4 is 10.1 Å². The zero-order chi connectivity index (χ0) is 14.4. The Morgan fingerprint density at radius 2 is 2.05 bits per heavy atom. The minimum Gasteiger partial charge on any atom is -0.491 e. The summed E-state index contributed by atoms with van der Waals surface area (Å²) in [5.74, 6) is 0.180. The van der Waals surface area contributed by atoms with Crippen molar-refractivity contribution in [2.45, 2.75) is 6.10 Å². The lowest BCUT2D eigenvalue weighted by atomic mass is 10.3. The zero-order valence-corrected chi connectivity index (χ0v) is 11.3. The molecule has 0 radical (unpaired) electrons. The number of benzene rings is 1. The molecule has 0 aliphatic rings. The Hall–Kier alpha value is -1.85. The van der Waals surface area contributed by atoms with Gasteiger partial charge in [-0.25, -0.2) is 4.39 Å². The Labute approximate surface area is 121 Å². The van der Waals surface area contributed by atoms with E-state index in [2.05, 4.69) is 10.3 Å². The van der Waals surface area contributed by atoms with Crippen LogP contribution in [0.1, 0.15) is 0 Å². The SMILES string of the molecule is OC(CNc1ccncc1Cl)COc1ccc(F)cc1. The number of hydrogen-bond acceptors (Lipinski definition) is 4. The highest BCUT2D eigenvalue weighted by atomic mass is 35.5. The standard InChI is InChI=1S/C14H14ClFN2O2/c15-13-8-17-6-5-14(13)18-7-11(19)9-20-12-3-1-10(16)2-4-12/h1-6,8,11,19H,7,9H2,(H,17,18). The van der Waals surface area contributed by atoms with Gasteiger partial charge < -0.3 is 15.2 Å². The third kappa shape index (κ3) is 4.36. The van der Waals surface area contributed by atoms with E-state index in [1.165, 1.54) is 30.5 Å². The van der Waals surface area contributed by atoms with E-state index in [0.29, 0.717) is 16.5 Å². The molecule has 0 bridgehead atoms. The van der Waals surface area contributed by atoms with Crippen LogP contribution in [0.5, 0.6) is 5.75 Å². The van der Waals surface area contributed by atoms with E-state index in [9.17, 15) is 9.50 Å². The first-order valence-corrected chi connectivity index (χ1v) is 6.43. The molecule has 1 aromatic carbocycles. The van der Waals surface area contributed by atoms with Gasteiger partial charge in [-0.2, -0.15) is 0 Å². The van der Waals surface area contributed by atoms with E-state index in [1.54, 1.807) is 12.3 Å². The molecule has 0 saturated carbocycles. The van der Waals surface area contributed by atoms with Crippen molar-refractivity contribution in [2.24, 2.45) is 0 Å². The number of pyridine rings is 1. The lowest BCUT2D eigenvalue weighted by Crippen LogP contribution is -2.26. The summed E-state index contributed by atoms with van der Waals surface area (Å²) in [6, 6.07) is 7.34. The number of hydrogen-bond donors (Lipinski definition) is 2. The molecule has 1 aromatic heterocycles. The predicted molar refractivity (Wildman–Crippen MR) is 75.6 cm³/mol. The van der Waals surface area contributed by atoms with E-state index < -0.39 is 6.10 Å². The van der Waals surface area contributed by atoms with Gasteiger partial charge in [0.05, 0.1) is 10.7 Å². The molecule has 2 N–H and O–H groups in total. The summed E-state index contributed by atoms with van der Waals surface area (Å²) >= 11 is 5.92. The van der Waals surface area contributed by atoms with Crippen LogP contribution in [0.25, 0.3) is 0 Å². The number of aliphatic hydroxyl groups excluding tert-OH is 1. The molecule has 0 aliphatic carbocycles. The quantitative estimate of drug-likeness (QED) is 0.860. The predicted octanol–water partition coefficient (Wildman–Crippen LogP) is 2.73. The molecule has 1 unspecified atom stereocenters. The summed E-state index contributed by atoms with van der Waals surface area (Å²) in [7, 11) is 0. The van der Waals surface area contributed by atoms with E-state index in [0.717, 1.165) is 0 Å². The highest BCUT2D eigenvalue weighted by Gasteiger charge is 2.07. The Morgan fingerprint density at radius 1 is 1.30 bits per heavy atom. The van der Waals surface area contributed by atoms with Crippen molar-refractivity contribution >= 4 is 17.3 Å². The van der Waals surface area contributed by atoms with Gasteiger partial charge in [-0.3, -0.25) is 4.98 Å². The van der Waals surface area contributed by atoms with Gasteiger partial charge in [0.15, 0.2) is 0 Å². The average molecular weight is 297 g/mol. The van der Waals surface area contributed by atoms with Gasteiger partial charge in [-0.1, -0.05) is 11.6 Å². The molecule has 0 saturated heterocycles. The highest BCUT2D eigenvalue weighted by molar-refractivity contribution is 6.33. The topological polar surface area (TPSA) is 54.4 Å². The molecule has 2 rings (SSSR count). The molecular formula is C14H14ClFN2O2. The first-order chi connectivity index (χ1) is 9.65. The Morgan fingerprint density at radius 3 is 2.75 bits per heavy atom. The van der Waals surface area contributed by atoms with Gasteiger partial charge in [0.2, 0.25) is 0 Å². The highest BCUT2D eigenvalue weighted by Crippen LogP contribution is 2.19. The molecular weight excluding hydrogens is 283 g/mol. The second-order valence-corrected chi connectivity index (χ2v) is 4.56. The summed E-state index contributed by atoms with van der Waals surface area (Å²) in [6.45, 7) is 0.381. The van der Waals surface area contributed by atoms with Crippen LogP contribution in [0.2, 0.25) is 5.02 Å². The minimum atomic E-state index is -0.718. The molecule has 20 heavy (non-hydrogen) atoms. The largest absolute Gasteiger partial charge is 0.491 e. The second kappa shape index (κ2) is 7.07. The molecule has 0 aliphatic heterocycles. The smallest absolute Gasteiger partial charge is 0.123 e. The lowest BCUT2D eigenvalue weighted by molar-refractivity contribution is 0.117. The number of anilines is 1. The molecule has 2 aromatic rings. The number of nitrogens with one attached hydrogen (secondary N) is 1. The van der Waals surface area contributed by atoms with Crippen molar-refractivity contribution < 1.29 is 14.2 Å².